The fourth-order valence-corrected chi connectivity index (χ4v) is 1.46. The first kappa shape index (κ1) is 11.6. The van der Waals surface area contributed by atoms with Crippen LogP contribution < -0.4 is 5.73 Å². The molecular weight excluding hydrogens is 188 g/mol. The van der Waals surface area contributed by atoms with Crippen LogP contribution in [0.2, 0.25) is 0 Å². The molecule has 1 atom stereocenters. The molecule has 0 aliphatic heterocycles. The standard InChI is InChI=1S/C12H18N2O/c1-4-14(3)12(15)9(2)10-6-5-7-11(13)8-10/h5-9H,4,13H2,1-3H3. The first-order valence-electron chi connectivity index (χ1n) is 5.16. The second-order valence-corrected chi connectivity index (χ2v) is 3.74. The molecule has 0 aromatic heterocycles. The summed E-state index contributed by atoms with van der Waals surface area (Å²) in [5.74, 6) is 0.00144. The zero-order valence-electron chi connectivity index (χ0n) is 9.53. The summed E-state index contributed by atoms with van der Waals surface area (Å²) < 4.78 is 0. The third kappa shape index (κ3) is 2.72. The second-order valence-electron chi connectivity index (χ2n) is 3.74. The molecule has 0 radical (unpaired) electrons. The molecule has 0 saturated carbocycles. The van der Waals surface area contributed by atoms with Crippen molar-refractivity contribution in [2.75, 3.05) is 19.3 Å². The van der Waals surface area contributed by atoms with Crippen LogP contribution in [0.1, 0.15) is 25.3 Å². The highest BCUT2D eigenvalue weighted by atomic mass is 16.2. The van der Waals surface area contributed by atoms with Gasteiger partial charge >= 0.3 is 0 Å². The lowest BCUT2D eigenvalue weighted by molar-refractivity contribution is -0.130. The highest BCUT2D eigenvalue weighted by Crippen LogP contribution is 2.19. The van der Waals surface area contributed by atoms with Crippen LogP contribution in [0.4, 0.5) is 5.69 Å². The number of hydrogen-bond acceptors (Lipinski definition) is 2. The summed E-state index contributed by atoms with van der Waals surface area (Å²) in [6.45, 7) is 4.60. The van der Waals surface area contributed by atoms with Crippen LogP contribution >= 0.6 is 0 Å². The zero-order chi connectivity index (χ0) is 11.4. The van der Waals surface area contributed by atoms with E-state index in [4.69, 9.17) is 5.73 Å². The van der Waals surface area contributed by atoms with Crippen molar-refractivity contribution < 1.29 is 4.79 Å². The van der Waals surface area contributed by atoms with E-state index in [9.17, 15) is 4.79 Å². The van der Waals surface area contributed by atoms with E-state index in [2.05, 4.69) is 0 Å². The quantitative estimate of drug-likeness (QED) is 0.767. The van der Waals surface area contributed by atoms with Crippen LogP contribution in [-0.2, 0) is 4.79 Å². The van der Waals surface area contributed by atoms with Gasteiger partial charge in [0.25, 0.3) is 0 Å². The highest BCUT2D eigenvalue weighted by Gasteiger charge is 2.17. The Morgan fingerprint density at radius 1 is 1.53 bits per heavy atom. The number of nitrogens with two attached hydrogens (primary N) is 1. The van der Waals surface area contributed by atoms with Gasteiger partial charge in [-0.1, -0.05) is 12.1 Å². The largest absolute Gasteiger partial charge is 0.399 e. The molecule has 0 aliphatic rings. The van der Waals surface area contributed by atoms with Gasteiger partial charge in [0.15, 0.2) is 0 Å². The number of amides is 1. The minimum atomic E-state index is -0.126. The number of carbonyl (C=O) groups is 1. The lowest BCUT2D eigenvalue weighted by Crippen LogP contribution is -2.30. The second kappa shape index (κ2) is 4.82. The van der Waals surface area contributed by atoms with E-state index in [1.54, 1.807) is 4.90 Å². The first-order valence-corrected chi connectivity index (χ1v) is 5.16. The third-order valence-corrected chi connectivity index (χ3v) is 2.63. The molecule has 0 saturated heterocycles. The van der Waals surface area contributed by atoms with E-state index in [1.807, 2.05) is 45.2 Å². The molecule has 0 fully saturated rings. The molecule has 1 amide bonds. The molecule has 2 N–H and O–H groups in total. The Labute approximate surface area is 90.9 Å². The fraction of sp³-hybridized carbons (Fsp3) is 0.417. The predicted octanol–water partition coefficient (Wildman–Crippen LogP) is 1.85. The van der Waals surface area contributed by atoms with Gasteiger partial charge in [0, 0.05) is 19.3 Å². The Hall–Kier alpha value is -1.51. The van der Waals surface area contributed by atoms with E-state index >= 15 is 0 Å². The fourth-order valence-electron chi connectivity index (χ4n) is 1.46. The molecule has 1 unspecified atom stereocenters. The summed E-state index contributed by atoms with van der Waals surface area (Å²) in [6, 6.07) is 7.49. The number of anilines is 1. The lowest BCUT2D eigenvalue weighted by atomic mass is 9.99. The lowest BCUT2D eigenvalue weighted by Gasteiger charge is -2.20. The Balaban J connectivity index is 2.85. The first-order chi connectivity index (χ1) is 7.06. The maximum absolute atomic E-state index is 11.9. The van der Waals surface area contributed by atoms with Gasteiger partial charge < -0.3 is 10.6 Å². The topological polar surface area (TPSA) is 46.3 Å². The monoisotopic (exact) mass is 206 g/mol. The van der Waals surface area contributed by atoms with Crippen LogP contribution in [0.5, 0.6) is 0 Å². The average Bonchev–Trinajstić information content (AvgIpc) is 2.26. The number of benzene rings is 1. The van der Waals surface area contributed by atoms with E-state index in [-0.39, 0.29) is 11.8 Å². The Bertz CT molecular complexity index is 349. The summed E-state index contributed by atoms with van der Waals surface area (Å²) in [5.41, 5.74) is 7.35. The predicted molar refractivity (Wildman–Crippen MR) is 62.6 cm³/mol. The normalized spacial score (nSPS) is 12.2. The van der Waals surface area contributed by atoms with E-state index in [0.717, 1.165) is 12.1 Å². The third-order valence-electron chi connectivity index (χ3n) is 2.63. The number of carbonyl (C=O) groups excluding carboxylic acids is 1. The van der Waals surface area contributed by atoms with Gasteiger partial charge in [-0.15, -0.1) is 0 Å². The van der Waals surface area contributed by atoms with Crippen LogP contribution in [0.25, 0.3) is 0 Å². The molecule has 0 heterocycles. The average molecular weight is 206 g/mol. The van der Waals surface area contributed by atoms with Crippen molar-refractivity contribution in [3.05, 3.63) is 29.8 Å². The van der Waals surface area contributed by atoms with Gasteiger partial charge in [-0.3, -0.25) is 4.79 Å². The summed E-state index contributed by atoms with van der Waals surface area (Å²) in [4.78, 5) is 13.6. The number of rotatable bonds is 3. The summed E-state index contributed by atoms with van der Waals surface area (Å²) >= 11 is 0. The Kier molecular flexibility index (Phi) is 3.72. The van der Waals surface area contributed by atoms with Gasteiger partial charge in [-0.25, -0.2) is 0 Å². The van der Waals surface area contributed by atoms with Crippen LogP contribution in [0.15, 0.2) is 24.3 Å². The van der Waals surface area contributed by atoms with Gasteiger partial charge in [-0.05, 0) is 31.5 Å². The molecule has 1 aromatic rings. The van der Waals surface area contributed by atoms with E-state index in [0.29, 0.717) is 5.69 Å². The van der Waals surface area contributed by atoms with Crippen molar-refractivity contribution in [3.63, 3.8) is 0 Å². The molecule has 1 rings (SSSR count). The van der Waals surface area contributed by atoms with Crippen molar-refractivity contribution in [2.24, 2.45) is 0 Å². The minimum absolute atomic E-state index is 0.126. The van der Waals surface area contributed by atoms with Crippen molar-refractivity contribution in [3.8, 4) is 0 Å². The SMILES string of the molecule is CCN(C)C(=O)C(C)c1cccc(N)c1. The molecule has 3 heteroatoms. The summed E-state index contributed by atoms with van der Waals surface area (Å²) in [6.07, 6.45) is 0. The van der Waals surface area contributed by atoms with Gasteiger partial charge in [0.2, 0.25) is 5.91 Å². The minimum Gasteiger partial charge on any atom is -0.399 e. The van der Waals surface area contributed by atoms with E-state index < -0.39 is 0 Å². The Morgan fingerprint density at radius 3 is 2.73 bits per heavy atom. The molecular formula is C12H18N2O. The maximum Gasteiger partial charge on any atom is 0.229 e. The van der Waals surface area contributed by atoms with Crippen LogP contribution in [0, 0.1) is 0 Å². The number of likely N-dealkylation sites (N-methyl/N-ethyl adjacent to an activating group) is 1. The maximum atomic E-state index is 11.9. The van der Waals surface area contributed by atoms with Crippen molar-refractivity contribution >= 4 is 11.6 Å². The molecule has 0 spiro atoms. The van der Waals surface area contributed by atoms with Crippen molar-refractivity contribution in [2.45, 2.75) is 19.8 Å². The molecule has 0 aliphatic carbocycles. The molecule has 15 heavy (non-hydrogen) atoms. The number of nitrogens with zero attached hydrogens (tertiary/aromatic N) is 1. The van der Waals surface area contributed by atoms with Gasteiger partial charge in [0.1, 0.15) is 0 Å². The van der Waals surface area contributed by atoms with E-state index in [1.165, 1.54) is 0 Å². The molecule has 0 bridgehead atoms. The molecule has 3 nitrogen and oxygen atoms in total. The van der Waals surface area contributed by atoms with Gasteiger partial charge in [0.05, 0.1) is 5.92 Å². The smallest absolute Gasteiger partial charge is 0.229 e. The summed E-state index contributed by atoms with van der Waals surface area (Å²) in [5, 5.41) is 0. The zero-order valence-corrected chi connectivity index (χ0v) is 9.53. The van der Waals surface area contributed by atoms with Crippen molar-refractivity contribution in [1.82, 2.24) is 4.90 Å². The van der Waals surface area contributed by atoms with Crippen LogP contribution in [0.3, 0.4) is 0 Å². The molecule has 82 valence electrons. The Morgan fingerprint density at radius 2 is 2.20 bits per heavy atom. The summed E-state index contributed by atoms with van der Waals surface area (Å²) in [7, 11) is 1.81. The number of hydrogen-bond donors (Lipinski definition) is 1. The van der Waals surface area contributed by atoms with Gasteiger partial charge in [-0.2, -0.15) is 0 Å². The highest BCUT2D eigenvalue weighted by molar-refractivity contribution is 5.83. The molecule has 1 aromatic carbocycles. The van der Waals surface area contributed by atoms with Crippen LogP contribution in [-0.4, -0.2) is 24.4 Å². The van der Waals surface area contributed by atoms with Crippen molar-refractivity contribution in [1.29, 1.82) is 0 Å². The number of nitrogen functional groups attached to an aromatic ring is 1.